The van der Waals surface area contributed by atoms with Crippen LogP contribution < -0.4 is 4.90 Å². The molecule has 0 unspecified atom stereocenters. The molecule has 0 radical (unpaired) electrons. The van der Waals surface area contributed by atoms with E-state index in [2.05, 4.69) is 9.99 Å². The van der Waals surface area contributed by atoms with Gasteiger partial charge in [-0.15, -0.1) is 11.3 Å². The standard InChI is InChI=1S/C15H11F5N2O3S/c16-14(17,15(18,19)20)12-10(13(24)25-21-12)7-9-1-2-11(26-9)22-5-3-8(23)4-6-22/h1-2,7H,3-6H2. The number of hydrogen-bond acceptors (Lipinski definition) is 6. The topological polar surface area (TPSA) is 59.0 Å². The molecule has 0 bridgehead atoms. The van der Waals surface area contributed by atoms with Crippen LogP contribution in [0.3, 0.4) is 0 Å². The molecule has 26 heavy (non-hydrogen) atoms. The first-order valence-electron chi connectivity index (χ1n) is 7.42. The Morgan fingerprint density at radius 1 is 1.12 bits per heavy atom. The molecule has 0 aromatic carbocycles. The number of rotatable bonds is 3. The number of ketones is 1. The lowest BCUT2D eigenvalue weighted by atomic mass is 10.0. The van der Waals surface area contributed by atoms with Crippen molar-refractivity contribution < 1.29 is 36.4 Å². The zero-order valence-electron chi connectivity index (χ0n) is 13.0. The molecule has 3 heterocycles. The summed E-state index contributed by atoms with van der Waals surface area (Å²) in [6.45, 7) is 0.993. The molecule has 0 atom stereocenters. The van der Waals surface area contributed by atoms with Crippen molar-refractivity contribution in [3.8, 4) is 0 Å². The van der Waals surface area contributed by atoms with Gasteiger partial charge in [0.15, 0.2) is 5.71 Å². The van der Waals surface area contributed by atoms with Crippen molar-refractivity contribution in [1.82, 2.24) is 0 Å². The van der Waals surface area contributed by atoms with Crippen LogP contribution in [0, 0.1) is 0 Å². The van der Waals surface area contributed by atoms with Crippen LogP contribution in [0.25, 0.3) is 6.08 Å². The summed E-state index contributed by atoms with van der Waals surface area (Å²) in [6.07, 6.45) is -4.23. The highest BCUT2D eigenvalue weighted by atomic mass is 32.1. The van der Waals surface area contributed by atoms with E-state index in [1.165, 1.54) is 6.07 Å². The molecular weight excluding hydrogens is 383 g/mol. The average Bonchev–Trinajstić information content (AvgIpc) is 3.15. The minimum atomic E-state index is -5.90. The molecule has 140 valence electrons. The van der Waals surface area contributed by atoms with Gasteiger partial charge in [-0.3, -0.25) is 4.79 Å². The van der Waals surface area contributed by atoms with E-state index in [4.69, 9.17) is 0 Å². The summed E-state index contributed by atoms with van der Waals surface area (Å²) in [5, 5.41) is 3.34. The maximum Gasteiger partial charge on any atom is 0.459 e. The lowest BCUT2D eigenvalue weighted by Crippen LogP contribution is -2.44. The van der Waals surface area contributed by atoms with Crippen LogP contribution in [0.5, 0.6) is 0 Å². The first-order valence-corrected chi connectivity index (χ1v) is 8.24. The van der Waals surface area contributed by atoms with Gasteiger partial charge in [0.1, 0.15) is 5.78 Å². The Balaban J connectivity index is 1.86. The minimum absolute atomic E-state index is 0.143. The number of carbonyl (C=O) groups is 2. The summed E-state index contributed by atoms with van der Waals surface area (Å²) >= 11 is 1.10. The summed E-state index contributed by atoms with van der Waals surface area (Å²) < 4.78 is 64.7. The molecule has 5 nitrogen and oxygen atoms in total. The molecule has 0 spiro atoms. The Kier molecular flexibility index (Phi) is 4.59. The first-order chi connectivity index (χ1) is 12.1. The van der Waals surface area contributed by atoms with Gasteiger partial charge >= 0.3 is 18.1 Å². The van der Waals surface area contributed by atoms with Crippen LogP contribution in [0.2, 0.25) is 0 Å². The maximum absolute atomic E-state index is 13.5. The Labute approximate surface area is 147 Å². The summed E-state index contributed by atoms with van der Waals surface area (Å²) in [5.41, 5.74) is -2.69. The van der Waals surface area contributed by atoms with E-state index in [1.807, 2.05) is 4.90 Å². The van der Waals surface area contributed by atoms with Crippen molar-refractivity contribution in [2.45, 2.75) is 24.9 Å². The average molecular weight is 394 g/mol. The number of nitrogens with zero attached hydrogens (tertiary/aromatic N) is 2. The number of oxime groups is 1. The molecule has 0 saturated carbocycles. The maximum atomic E-state index is 13.5. The second kappa shape index (κ2) is 6.45. The van der Waals surface area contributed by atoms with Crippen molar-refractivity contribution in [2.75, 3.05) is 18.0 Å². The van der Waals surface area contributed by atoms with Crippen molar-refractivity contribution in [3.63, 3.8) is 0 Å². The Morgan fingerprint density at radius 3 is 2.38 bits per heavy atom. The predicted molar refractivity (Wildman–Crippen MR) is 83.3 cm³/mol. The second-order valence-corrected chi connectivity index (χ2v) is 6.74. The number of piperidine rings is 1. The van der Waals surface area contributed by atoms with Crippen molar-refractivity contribution in [1.29, 1.82) is 0 Å². The van der Waals surface area contributed by atoms with E-state index in [0.29, 0.717) is 25.9 Å². The Hall–Kier alpha value is -2.30. The fourth-order valence-corrected chi connectivity index (χ4v) is 3.48. The molecule has 2 aliphatic rings. The van der Waals surface area contributed by atoms with Gasteiger partial charge < -0.3 is 9.74 Å². The molecule has 1 aromatic rings. The number of carbonyl (C=O) groups excluding carboxylic acids is 2. The van der Waals surface area contributed by atoms with E-state index in [0.717, 1.165) is 22.4 Å². The SMILES string of the molecule is O=C1CCN(c2ccc(C=C3C(=O)ON=C3C(F)(F)C(F)(F)F)s2)CC1. The lowest BCUT2D eigenvalue weighted by Gasteiger charge is -2.26. The van der Waals surface area contributed by atoms with E-state index < -0.39 is 29.4 Å². The highest BCUT2D eigenvalue weighted by Crippen LogP contribution is 2.41. The molecule has 3 rings (SSSR count). The zero-order chi connectivity index (χ0) is 19.1. The smallest absolute Gasteiger partial charge is 0.363 e. The molecule has 1 saturated heterocycles. The molecule has 1 aromatic heterocycles. The molecule has 0 N–H and O–H groups in total. The number of alkyl halides is 5. The largest absolute Gasteiger partial charge is 0.459 e. The van der Waals surface area contributed by atoms with Gasteiger partial charge in [-0.05, 0) is 18.2 Å². The van der Waals surface area contributed by atoms with Crippen LogP contribution in [0.1, 0.15) is 17.7 Å². The van der Waals surface area contributed by atoms with Gasteiger partial charge in [0, 0.05) is 30.8 Å². The third-order valence-electron chi connectivity index (χ3n) is 3.88. The number of hydrogen-bond donors (Lipinski definition) is 0. The zero-order valence-corrected chi connectivity index (χ0v) is 13.8. The number of anilines is 1. The number of Topliss-reactive ketones (excluding diaryl/α,β-unsaturated/α-hetero) is 1. The van der Waals surface area contributed by atoms with Gasteiger partial charge in [0.05, 0.1) is 10.6 Å². The Morgan fingerprint density at radius 2 is 1.77 bits per heavy atom. The van der Waals surface area contributed by atoms with E-state index in [-0.39, 0.29) is 10.7 Å². The van der Waals surface area contributed by atoms with Gasteiger partial charge in [0.2, 0.25) is 0 Å². The lowest BCUT2D eigenvalue weighted by molar-refractivity contribution is -0.249. The summed E-state index contributed by atoms with van der Waals surface area (Å²) in [6, 6.07) is 3.13. The third-order valence-corrected chi connectivity index (χ3v) is 4.97. The summed E-state index contributed by atoms with van der Waals surface area (Å²) in [7, 11) is 0. The Bertz CT molecular complexity index is 802. The fourth-order valence-electron chi connectivity index (χ4n) is 2.48. The van der Waals surface area contributed by atoms with E-state index in [9.17, 15) is 31.5 Å². The van der Waals surface area contributed by atoms with E-state index >= 15 is 0 Å². The van der Waals surface area contributed by atoms with Crippen molar-refractivity contribution >= 4 is 39.9 Å². The fraction of sp³-hybridized carbons (Fsp3) is 0.400. The van der Waals surface area contributed by atoms with Crippen LogP contribution >= 0.6 is 11.3 Å². The first kappa shape index (κ1) is 18.5. The van der Waals surface area contributed by atoms with Gasteiger partial charge in [-0.2, -0.15) is 22.0 Å². The van der Waals surface area contributed by atoms with Gasteiger partial charge in [-0.25, -0.2) is 4.79 Å². The predicted octanol–water partition coefficient (Wildman–Crippen LogP) is 3.41. The third kappa shape index (κ3) is 3.35. The summed E-state index contributed by atoms with van der Waals surface area (Å²) in [4.78, 5) is 29.0. The highest BCUT2D eigenvalue weighted by molar-refractivity contribution is 7.17. The number of thiophene rings is 1. The second-order valence-electron chi connectivity index (χ2n) is 5.65. The van der Waals surface area contributed by atoms with Crippen molar-refractivity contribution in [2.24, 2.45) is 5.16 Å². The van der Waals surface area contributed by atoms with Crippen LogP contribution in [-0.4, -0.2) is 42.7 Å². The van der Waals surface area contributed by atoms with Crippen molar-refractivity contribution in [3.05, 3.63) is 22.6 Å². The quantitative estimate of drug-likeness (QED) is 0.448. The van der Waals surface area contributed by atoms with Crippen LogP contribution in [0.15, 0.2) is 22.9 Å². The number of halogens is 5. The molecule has 2 aliphatic heterocycles. The monoisotopic (exact) mass is 394 g/mol. The molecule has 0 amide bonds. The molecule has 0 aliphatic carbocycles. The van der Waals surface area contributed by atoms with Gasteiger partial charge in [-0.1, -0.05) is 5.16 Å². The summed E-state index contributed by atoms with van der Waals surface area (Å²) in [5.74, 6) is -6.54. The van der Waals surface area contributed by atoms with Gasteiger partial charge in [0.25, 0.3) is 0 Å². The minimum Gasteiger partial charge on any atom is -0.363 e. The molecule has 11 heteroatoms. The highest BCUT2D eigenvalue weighted by Gasteiger charge is 2.64. The van der Waals surface area contributed by atoms with Crippen LogP contribution in [-0.2, 0) is 14.4 Å². The molecule has 1 fully saturated rings. The van der Waals surface area contributed by atoms with Crippen LogP contribution in [0.4, 0.5) is 27.0 Å². The van der Waals surface area contributed by atoms with E-state index in [1.54, 1.807) is 6.07 Å². The molecular formula is C15H11F5N2O3S. The normalized spacial score (nSPS) is 20.6.